The number of fused-ring (bicyclic) bond motifs is 1. The minimum absolute atomic E-state index is 0.00953. The molecule has 0 aromatic heterocycles. The van der Waals surface area contributed by atoms with Gasteiger partial charge < -0.3 is 14.1 Å². The molecular formula is C28H37NO4SSi. The predicted octanol–water partition coefficient (Wildman–Crippen LogP) is 6.02. The topological polar surface area (TPSA) is 55.8 Å². The first kappa shape index (κ1) is 26.0. The molecule has 0 unspecified atom stereocenters. The normalized spacial score (nSPS) is 23.7. The lowest BCUT2D eigenvalue weighted by Crippen LogP contribution is -2.64. The molecule has 35 heavy (non-hydrogen) atoms. The molecule has 1 amide bonds. The van der Waals surface area contributed by atoms with Gasteiger partial charge in [0.15, 0.2) is 14.4 Å². The first-order chi connectivity index (χ1) is 16.3. The van der Waals surface area contributed by atoms with Gasteiger partial charge in [0, 0.05) is 11.4 Å². The van der Waals surface area contributed by atoms with Crippen molar-refractivity contribution in [3.05, 3.63) is 71.8 Å². The Balaban J connectivity index is 1.52. The minimum Gasteiger partial charge on any atom is -0.451 e. The summed E-state index contributed by atoms with van der Waals surface area (Å²) in [5, 5.41) is 0.0179. The van der Waals surface area contributed by atoms with E-state index in [0.717, 1.165) is 11.1 Å². The van der Waals surface area contributed by atoms with Crippen LogP contribution < -0.4 is 0 Å². The van der Waals surface area contributed by atoms with Crippen molar-refractivity contribution < 1.29 is 18.8 Å². The Morgan fingerprint density at radius 1 is 1.03 bits per heavy atom. The molecule has 2 fully saturated rings. The van der Waals surface area contributed by atoms with Crippen LogP contribution >= 0.6 is 11.8 Å². The summed E-state index contributed by atoms with van der Waals surface area (Å²) in [6, 6.07) is 18.9. The maximum absolute atomic E-state index is 13.7. The Morgan fingerprint density at radius 3 is 2.03 bits per heavy atom. The zero-order valence-electron chi connectivity index (χ0n) is 21.8. The highest BCUT2D eigenvalue weighted by Gasteiger charge is 2.64. The smallest absolute Gasteiger partial charge is 0.331 e. The number of thioether (sulfide) groups is 1. The molecule has 4 rings (SSSR count). The van der Waals surface area contributed by atoms with E-state index in [0.29, 0.717) is 6.61 Å². The second kappa shape index (κ2) is 9.41. The Bertz CT molecular complexity index is 1030. The molecule has 0 bridgehead atoms. The number of β-lactam (4-membered cyclic amide) rings is 1. The van der Waals surface area contributed by atoms with Gasteiger partial charge in [-0.05, 0) is 43.1 Å². The van der Waals surface area contributed by atoms with E-state index < -0.39 is 25.2 Å². The third-order valence-corrected chi connectivity index (χ3v) is 13.8. The molecular weight excluding hydrogens is 474 g/mol. The van der Waals surface area contributed by atoms with Crippen molar-refractivity contribution in [3.8, 4) is 0 Å². The van der Waals surface area contributed by atoms with Gasteiger partial charge in [-0.2, -0.15) is 0 Å². The molecule has 7 heteroatoms. The quantitative estimate of drug-likeness (QED) is 0.258. The van der Waals surface area contributed by atoms with Crippen molar-refractivity contribution in [2.24, 2.45) is 5.92 Å². The summed E-state index contributed by atoms with van der Waals surface area (Å²) >= 11 is 1.68. The van der Waals surface area contributed by atoms with Crippen LogP contribution in [0.4, 0.5) is 0 Å². The molecule has 2 heterocycles. The van der Waals surface area contributed by atoms with E-state index in [2.05, 4.69) is 33.9 Å². The van der Waals surface area contributed by atoms with E-state index in [4.69, 9.17) is 9.16 Å². The molecule has 2 aromatic rings. The fraction of sp³-hybridized carbons (Fsp3) is 0.500. The SMILES string of the molecule is CC1(C)S[C@@H]2[C@@H](CO[Si](C)(C)C(C)(C)C)C(=O)N2[C@H]1C(=O)OC(c1ccccc1)c1ccccc1. The molecule has 0 radical (unpaired) electrons. The van der Waals surface area contributed by atoms with Crippen LogP contribution in [-0.4, -0.2) is 47.9 Å². The van der Waals surface area contributed by atoms with E-state index in [1.165, 1.54) is 0 Å². The average molecular weight is 512 g/mol. The zero-order valence-corrected chi connectivity index (χ0v) is 23.6. The lowest BCUT2D eigenvalue weighted by Gasteiger charge is -2.46. The summed E-state index contributed by atoms with van der Waals surface area (Å²) in [5.41, 5.74) is 1.81. The van der Waals surface area contributed by atoms with Crippen molar-refractivity contribution in [1.29, 1.82) is 0 Å². The lowest BCUT2D eigenvalue weighted by molar-refractivity contribution is -0.170. The van der Waals surface area contributed by atoms with E-state index in [1.807, 2.05) is 74.5 Å². The fourth-order valence-corrected chi connectivity index (χ4v) is 7.19. The lowest BCUT2D eigenvalue weighted by atomic mass is 9.92. The summed E-state index contributed by atoms with van der Waals surface area (Å²) in [6.45, 7) is 15.5. The summed E-state index contributed by atoms with van der Waals surface area (Å²) in [6.07, 6.45) is -0.529. The van der Waals surface area contributed by atoms with Crippen molar-refractivity contribution in [2.45, 2.75) is 75.0 Å². The molecule has 0 N–H and O–H groups in total. The largest absolute Gasteiger partial charge is 0.451 e. The molecule has 0 spiro atoms. The van der Waals surface area contributed by atoms with Crippen LogP contribution in [0.15, 0.2) is 60.7 Å². The monoisotopic (exact) mass is 511 g/mol. The highest BCUT2D eigenvalue weighted by Crippen LogP contribution is 2.54. The van der Waals surface area contributed by atoms with Crippen LogP contribution in [0.25, 0.3) is 0 Å². The third-order valence-electron chi connectivity index (χ3n) is 7.64. The number of carbonyl (C=O) groups is 2. The van der Waals surface area contributed by atoms with Crippen LogP contribution in [0.2, 0.25) is 18.1 Å². The molecule has 0 aliphatic carbocycles. The van der Waals surface area contributed by atoms with Gasteiger partial charge in [-0.1, -0.05) is 81.4 Å². The summed E-state index contributed by atoms with van der Waals surface area (Å²) in [4.78, 5) is 28.7. The average Bonchev–Trinajstić information content (AvgIpc) is 3.05. The molecule has 2 aliphatic heterocycles. The number of hydrogen-bond donors (Lipinski definition) is 0. The summed E-state index contributed by atoms with van der Waals surface area (Å²) in [7, 11) is -1.97. The minimum atomic E-state index is -1.97. The van der Waals surface area contributed by atoms with E-state index in [-0.39, 0.29) is 28.2 Å². The van der Waals surface area contributed by atoms with E-state index >= 15 is 0 Å². The summed E-state index contributed by atoms with van der Waals surface area (Å²) < 4.78 is 12.1. The van der Waals surface area contributed by atoms with Crippen molar-refractivity contribution in [2.75, 3.05) is 6.61 Å². The first-order valence-electron chi connectivity index (χ1n) is 12.3. The van der Waals surface area contributed by atoms with Crippen molar-refractivity contribution in [3.63, 3.8) is 0 Å². The number of amides is 1. The van der Waals surface area contributed by atoms with E-state index in [9.17, 15) is 9.59 Å². The molecule has 2 aromatic carbocycles. The molecule has 5 nitrogen and oxygen atoms in total. The number of esters is 1. The zero-order chi connectivity index (χ0) is 25.6. The van der Waals surface area contributed by atoms with Gasteiger partial charge in [0.05, 0.1) is 11.3 Å². The van der Waals surface area contributed by atoms with Gasteiger partial charge >= 0.3 is 5.97 Å². The standard InChI is InChI=1S/C28H37NO4SSi/c1-27(2,3)35(6,7)32-18-21-24(30)29-23(28(4,5)34-25(21)29)26(31)33-22(19-14-10-8-11-15-19)20-16-12-9-13-17-20/h8-17,21-23,25H,18H2,1-7H3/t21-,23-,25+/m0/s1. The van der Waals surface area contributed by atoms with Crippen LogP contribution in [0.3, 0.4) is 0 Å². The molecule has 2 saturated heterocycles. The second-order valence-electron chi connectivity index (χ2n) is 11.6. The van der Waals surface area contributed by atoms with Gasteiger partial charge in [0.2, 0.25) is 5.91 Å². The van der Waals surface area contributed by atoms with Gasteiger partial charge in [0.25, 0.3) is 0 Å². The number of carbonyl (C=O) groups excluding carboxylic acids is 2. The highest BCUT2D eigenvalue weighted by atomic mass is 32.2. The Morgan fingerprint density at radius 2 is 1.54 bits per heavy atom. The number of hydrogen-bond acceptors (Lipinski definition) is 5. The highest BCUT2D eigenvalue weighted by molar-refractivity contribution is 8.01. The molecule has 3 atom stereocenters. The molecule has 0 saturated carbocycles. The maximum Gasteiger partial charge on any atom is 0.331 e. The van der Waals surface area contributed by atoms with Crippen LogP contribution in [0.1, 0.15) is 51.8 Å². The maximum atomic E-state index is 13.7. The van der Waals surface area contributed by atoms with Crippen molar-refractivity contribution in [1.82, 2.24) is 4.90 Å². The predicted molar refractivity (Wildman–Crippen MR) is 144 cm³/mol. The van der Waals surface area contributed by atoms with Gasteiger partial charge in [-0.15, -0.1) is 11.8 Å². The van der Waals surface area contributed by atoms with Gasteiger partial charge in [-0.3, -0.25) is 4.79 Å². The van der Waals surface area contributed by atoms with Gasteiger partial charge in [0.1, 0.15) is 6.04 Å². The second-order valence-corrected chi connectivity index (χ2v) is 18.2. The molecule has 2 aliphatic rings. The van der Waals surface area contributed by atoms with E-state index in [1.54, 1.807) is 16.7 Å². The van der Waals surface area contributed by atoms with Crippen LogP contribution in [-0.2, 0) is 18.8 Å². The molecule has 188 valence electrons. The number of nitrogens with zero attached hydrogens (tertiary/aromatic N) is 1. The third kappa shape index (κ3) is 4.95. The number of benzene rings is 2. The Labute approximate surface area is 214 Å². The summed E-state index contributed by atoms with van der Waals surface area (Å²) in [5.74, 6) is -0.588. The number of rotatable bonds is 7. The first-order valence-corrected chi connectivity index (χ1v) is 16.1. The van der Waals surface area contributed by atoms with Crippen molar-refractivity contribution >= 4 is 32.0 Å². The Hall–Kier alpha value is -2.09. The van der Waals surface area contributed by atoms with Crippen LogP contribution in [0.5, 0.6) is 0 Å². The van der Waals surface area contributed by atoms with Gasteiger partial charge in [-0.25, -0.2) is 4.79 Å². The number of ether oxygens (including phenoxy) is 1. The Kier molecular flexibility index (Phi) is 6.99. The fourth-order valence-electron chi connectivity index (χ4n) is 4.50. The van der Waals surface area contributed by atoms with Crippen LogP contribution in [0, 0.1) is 5.92 Å².